The van der Waals surface area contributed by atoms with Gasteiger partial charge in [-0.1, -0.05) is 19.6 Å². The number of aliphatic carboxylic acids is 1. The number of ether oxygens (including phenoxy) is 1. The predicted molar refractivity (Wildman–Crippen MR) is 86.9 cm³/mol. The fraction of sp³-hybridized carbons (Fsp3) is 0.800. The number of esters is 1. The van der Waals surface area contributed by atoms with Gasteiger partial charge in [0.1, 0.15) is 19.0 Å². The molecule has 0 aromatic heterocycles. The molecule has 0 aromatic rings. The fourth-order valence-electron chi connectivity index (χ4n) is 1.53. The molecule has 1 atom stereocenters. The van der Waals surface area contributed by atoms with Crippen LogP contribution in [0.4, 0.5) is 0 Å². The predicted octanol–water partition coefficient (Wildman–Crippen LogP) is 2.47. The van der Waals surface area contributed by atoms with E-state index in [1.165, 1.54) is 0 Å². The van der Waals surface area contributed by atoms with Crippen LogP contribution >= 0.6 is 0 Å². The summed E-state index contributed by atoms with van der Waals surface area (Å²) in [6.45, 7) is 11.1. The number of carboxylic acid groups (broad SMARTS) is 1. The van der Waals surface area contributed by atoms with Crippen molar-refractivity contribution in [1.82, 2.24) is 0 Å². The summed E-state index contributed by atoms with van der Waals surface area (Å²) in [6, 6.07) is 1.17. The lowest BCUT2D eigenvalue weighted by atomic mass is 10.0. The number of rotatable bonds is 9. The van der Waals surface area contributed by atoms with E-state index in [9.17, 15) is 14.7 Å². The van der Waals surface area contributed by atoms with Gasteiger partial charge < -0.3 is 9.84 Å². The summed E-state index contributed by atoms with van der Waals surface area (Å²) < 4.78 is 7.03. The molecular weight excluding hydrogens is 286 g/mol. The van der Waals surface area contributed by atoms with Crippen molar-refractivity contribution in [1.29, 1.82) is 0 Å². The fourth-order valence-corrected chi connectivity index (χ4v) is 2.25. The summed E-state index contributed by atoms with van der Waals surface area (Å²) in [5.74, 6) is -1.86. The number of carbonyl (C=O) groups is 2. The third-order valence-electron chi connectivity index (χ3n) is 3.32. The molecule has 122 valence electrons. The summed E-state index contributed by atoms with van der Waals surface area (Å²) in [5, 5.41) is 9.20. The Kier molecular flexibility index (Phi) is 8.47. The highest BCUT2D eigenvalue weighted by Crippen LogP contribution is 2.10. The van der Waals surface area contributed by atoms with Crippen LogP contribution in [0.15, 0.2) is 0 Å². The number of carbonyl (C=O) groups excluding carboxylic acids is 1. The molecule has 0 aliphatic heterocycles. The third-order valence-corrected chi connectivity index (χ3v) is 5.03. The van der Waals surface area contributed by atoms with E-state index in [-0.39, 0.29) is 24.9 Å². The minimum Gasteiger partial charge on any atom is -0.481 e. The van der Waals surface area contributed by atoms with Gasteiger partial charge in [-0.15, -0.1) is 0 Å². The first kappa shape index (κ1) is 19.8. The molecule has 0 bridgehead atoms. The SMILES string of the molecule is CC(C)[N+](C)=CC(CCC(=O)OCC[Si](C)(C)C)C(=O)O. The van der Waals surface area contributed by atoms with Crippen LogP contribution in [0.2, 0.25) is 25.7 Å². The minimum atomic E-state index is -1.21. The van der Waals surface area contributed by atoms with Gasteiger partial charge in [-0.05, 0) is 26.3 Å². The minimum absolute atomic E-state index is 0.144. The Bertz CT molecular complexity index is 386. The van der Waals surface area contributed by atoms with Crippen molar-refractivity contribution in [2.24, 2.45) is 5.92 Å². The molecule has 0 aromatic carbocycles. The number of hydrogen-bond donors (Lipinski definition) is 1. The Morgan fingerprint density at radius 3 is 2.29 bits per heavy atom. The van der Waals surface area contributed by atoms with E-state index in [0.29, 0.717) is 6.61 Å². The molecule has 0 fully saturated rings. The maximum absolute atomic E-state index is 11.6. The van der Waals surface area contributed by atoms with Gasteiger partial charge in [-0.3, -0.25) is 9.59 Å². The van der Waals surface area contributed by atoms with Gasteiger partial charge in [-0.25, -0.2) is 4.58 Å². The van der Waals surface area contributed by atoms with Crippen molar-refractivity contribution in [3.05, 3.63) is 0 Å². The lowest BCUT2D eigenvalue weighted by Gasteiger charge is -2.15. The molecule has 0 aliphatic rings. The van der Waals surface area contributed by atoms with Crippen LogP contribution in [-0.4, -0.2) is 55.6 Å². The van der Waals surface area contributed by atoms with Crippen LogP contribution in [0.1, 0.15) is 26.7 Å². The lowest BCUT2D eigenvalue weighted by Crippen LogP contribution is -2.26. The quantitative estimate of drug-likeness (QED) is 0.307. The van der Waals surface area contributed by atoms with Crippen LogP contribution in [0.25, 0.3) is 0 Å². The van der Waals surface area contributed by atoms with Crippen molar-refractivity contribution in [2.75, 3.05) is 13.7 Å². The molecule has 0 saturated heterocycles. The molecule has 0 saturated carbocycles. The molecule has 1 unspecified atom stereocenters. The second-order valence-electron chi connectivity index (χ2n) is 6.92. The molecule has 0 aliphatic carbocycles. The van der Waals surface area contributed by atoms with E-state index in [1.807, 2.05) is 25.5 Å². The molecule has 0 rings (SSSR count). The van der Waals surface area contributed by atoms with Gasteiger partial charge in [0.05, 0.1) is 6.61 Å². The van der Waals surface area contributed by atoms with Gasteiger partial charge in [0.2, 0.25) is 0 Å². The zero-order valence-corrected chi connectivity index (χ0v) is 15.2. The van der Waals surface area contributed by atoms with Crippen LogP contribution in [0.3, 0.4) is 0 Å². The van der Waals surface area contributed by atoms with E-state index in [4.69, 9.17) is 4.74 Å². The van der Waals surface area contributed by atoms with Gasteiger partial charge >= 0.3 is 11.9 Å². The first-order valence-corrected chi connectivity index (χ1v) is 11.2. The molecule has 0 spiro atoms. The van der Waals surface area contributed by atoms with E-state index in [1.54, 1.807) is 6.21 Å². The monoisotopic (exact) mass is 316 g/mol. The van der Waals surface area contributed by atoms with E-state index < -0.39 is 20.0 Å². The topological polar surface area (TPSA) is 66.6 Å². The molecule has 1 N–H and O–H groups in total. The number of nitrogens with zero attached hydrogens (tertiary/aromatic N) is 1. The zero-order valence-electron chi connectivity index (χ0n) is 14.2. The van der Waals surface area contributed by atoms with Crippen LogP contribution in [0, 0.1) is 5.92 Å². The van der Waals surface area contributed by atoms with Crippen molar-refractivity contribution in [3.8, 4) is 0 Å². The van der Waals surface area contributed by atoms with Crippen molar-refractivity contribution in [2.45, 2.75) is 58.4 Å². The summed E-state index contributed by atoms with van der Waals surface area (Å²) in [6.07, 6.45) is 2.09. The smallest absolute Gasteiger partial charge is 0.316 e. The summed E-state index contributed by atoms with van der Waals surface area (Å²) in [4.78, 5) is 22.9. The molecule has 6 heteroatoms. The number of carboxylic acids is 1. The Balaban J connectivity index is 4.29. The zero-order chi connectivity index (χ0) is 16.6. The Morgan fingerprint density at radius 1 is 1.29 bits per heavy atom. The first-order valence-electron chi connectivity index (χ1n) is 7.48. The maximum Gasteiger partial charge on any atom is 0.316 e. The van der Waals surface area contributed by atoms with Gasteiger partial charge in [-0.2, -0.15) is 0 Å². The molecule has 0 radical (unpaired) electrons. The normalized spacial score (nSPS) is 14.1. The summed E-state index contributed by atoms with van der Waals surface area (Å²) in [5.41, 5.74) is 0. The third kappa shape index (κ3) is 10.2. The maximum atomic E-state index is 11.6. The van der Waals surface area contributed by atoms with E-state index >= 15 is 0 Å². The Hall–Kier alpha value is -1.17. The number of hydrogen-bond acceptors (Lipinski definition) is 3. The van der Waals surface area contributed by atoms with E-state index in [2.05, 4.69) is 19.6 Å². The highest BCUT2D eigenvalue weighted by molar-refractivity contribution is 6.76. The second-order valence-corrected chi connectivity index (χ2v) is 12.5. The first-order chi connectivity index (χ1) is 9.53. The van der Waals surface area contributed by atoms with Gasteiger partial charge in [0.25, 0.3) is 0 Å². The largest absolute Gasteiger partial charge is 0.481 e. The average Bonchev–Trinajstić information content (AvgIpc) is 2.31. The van der Waals surface area contributed by atoms with Gasteiger partial charge in [0, 0.05) is 14.5 Å². The highest BCUT2D eigenvalue weighted by atomic mass is 28.3. The van der Waals surface area contributed by atoms with Crippen molar-refractivity contribution in [3.63, 3.8) is 0 Å². The molecule has 21 heavy (non-hydrogen) atoms. The molecule has 0 heterocycles. The lowest BCUT2D eigenvalue weighted by molar-refractivity contribution is -0.527. The highest BCUT2D eigenvalue weighted by Gasteiger charge is 2.22. The molecule has 5 nitrogen and oxygen atoms in total. The van der Waals surface area contributed by atoms with E-state index in [0.717, 1.165) is 6.04 Å². The summed E-state index contributed by atoms with van der Waals surface area (Å²) >= 11 is 0. The van der Waals surface area contributed by atoms with Crippen LogP contribution in [-0.2, 0) is 14.3 Å². The average molecular weight is 316 g/mol. The standard InChI is InChI=1S/C15H29NO4Si/c1-12(2)16(3)11-13(15(18)19)7-8-14(17)20-9-10-21(4,5)6/h11-13H,7-10H2,1-6H3/p+1. The molecule has 0 amide bonds. The second kappa shape index (κ2) is 8.97. The van der Waals surface area contributed by atoms with Crippen LogP contribution < -0.4 is 0 Å². The van der Waals surface area contributed by atoms with Crippen molar-refractivity contribution < 1.29 is 24.0 Å². The Morgan fingerprint density at radius 2 is 1.86 bits per heavy atom. The van der Waals surface area contributed by atoms with Crippen LogP contribution in [0.5, 0.6) is 0 Å². The summed E-state index contributed by atoms with van der Waals surface area (Å²) in [7, 11) is 0.635. The van der Waals surface area contributed by atoms with Crippen molar-refractivity contribution >= 4 is 26.2 Å². The van der Waals surface area contributed by atoms with Gasteiger partial charge in [0.15, 0.2) is 6.21 Å². The molecular formula is C15H30NO4Si+. The Labute approximate surface area is 129 Å².